The molecular formula is C94H129NaO24. The predicted octanol–water partition coefficient (Wildman–Crippen LogP) is 9.88. The van der Waals surface area contributed by atoms with E-state index in [2.05, 4.69) is 93.5 Å². The molecule has 0 amide bonds. The molecule has 13 unspecified atom stereocenters. The minimum atomic E-state index is -1.41. The second-order valence-electron chi connectivity index (χ2n) is 30.9. The van der Waals surface area contributed by atoms with Gasteiger partial charge in [0, 0.05) is 55.6 Å². The number of ether oxygens (including phenoxy) is 16. The fourth-order valence-electron chi connectivity index (χ4n) is 15.0. The van der Waals surface area contributed by atoms with E-state index in [1.807, 2.05) is 188 Å². The van der Waals surface area contributed by atoms with Gasteiger partial charge in [-0.15, -0.1) is 0 Å². The molecule has 7 fully saturated rings. The Hall–Kier alpha value is -5.87. The summed E-state index contributed by atoms with van der Waals surface area (Å²) in [6, 6.07) is 68.7. The van der Waals surface area contributed by atoms with Crippen molar-refractivity contribution in [3.8, 4) is 0 Å². The van der Waals surface area contributed by atoms with Crippen molar-refractivity contribution in [2.75, 3.05) is 41.2 Å². The molecule has 0 saturated carbocycles. The molecular weight excluding hydrogens is 1540 g/mol. The van der Waals surface area contributed by atoms with Gasteiger partial charge >= 0.3 is 35.5 Å². The fraction of sp³-hybridized carbons (Fsp3) is 0.543. The van der Waals surface area contributed by atoms with E-state index in [4.69, 9.17) is 86.0 Å². The van der Waals surface area contributed by atoms with E-state index in [-0.39, 0.29) is 117 Å². The van der Waals surface area contributed by atoms with Crippen LogP contribution in [0.15, 0.2) is 212 Å². The maximum Gasteiger partial charge on any atom is 1.00 e. The summed E-state index contributed by atoms with van der Waals surface area (Å²) >= 11 is 0. The molecule has 7 saturated heterocycles. The third-order valence-electron chi connectivity index (χ3n) is 23.1. The van der Waals surface area contributed by atoms with Crippen LogP contribution in [0.3, 0.4) is 0 Å². The largest absolute Gasteiger partial charge is 1.00 e. The molecule has 25 heteroatoms. The number of aliphatic hydroxyl groups excluding tert-OH is 6. The summed E-state index contributed by atoms with van der Waals surface area (Å²) in [6.45, 7) is 25.4. The van der Waals surface area contributed by atoms with Crippen molar-refractivity contribution in [1.82, 2.24) is 0 Å². The Morgan fingerprint density at radius 2 is 0.697 bits per heavy atom. The molecule has 0 aromatic heterocycles. The molecule has 0 bridgehead atoms. The van der Waals surface area contributed by atoms with Gasteiger partial charge in [0.1, 0.15) is 54.9 Å². The number of rotatable bonds is 21. The van der Waals surface area contributed by atoms with Crippen molar-refractivity contribution < 1.29 is 146 Å². The van der Waals surface area contributed by atoms with E-state index in [1.54, 1.807) is 14.2 Å². The molecule has 0 aliphatic carbocycles. The van der Waals surface area contributed by atoms with Crippen molar-refractivity contribution >= 4 is 5.97 Å². The van der Waals surface area contributed by atoms with Crippen LogP contribution in [0.1, 0.15) is 147 Å². The zero-order valence-corrected chi connectivity index (χ0v) is 73.8. The normalized spacial score (nSPS) is 32.4. The number of carbonyl (C=O) groups is 1. The van der Waals surface area contributed by atoms with Gasteiger partial charge in [-0.25, -0.2) is 0 Å². The van der Waals surface area contributed by atoms with Crippen LogP contribution in [0.5, 0.6) is 0 Å². The van der Waals surface area contributed by atoms with E-state index in [1.165, 1.54) is 12.5 Å². The first-order valence-electron chi connectivity index (χ1n) is 41.3. The third-order valence-corrected chi connectivity index (χ3v) is 23.1. The minimum Gasteiger partial charge on any atom is -0.857 e. The average Bonchev–Trinajstić information content (AvgIpc) is 0.790. The monoisotopic (exact) mass is 1660 g/mol. The van der Waals surface area contributed by atoms with E-state index in [0.29, 0.717) is 61.4 Å². The molecule has 27 atom stereocenters. The number of benzene rings is 7. The SMILES string of the molecule is CC1[C@H](OCc2ccccc2)OC2COC(c3ccccc3)O[C@H]2[C@@H]1C.CCC1OC(OC(C)=O)C(C)[C@@H](C)[C@@H]1C.CCC1O[C@@H](OCc2ccccc2)C(C)[C@@H](C)[C@@H]1C.COC(OC)c1ccccc1.C[O-].OC1[C@H](OCc2ccccc2)OC2COC(c3ccccc3)O[C@H]2[C@@H]1O.OCC1O[C@@H](OCc2ccccc2)C(O)[C@@H](O)[C@@H]1O.[Na+]. The summed E-state index contributed by atoms with van der Waals surface area (Å²) in [5.74, 6) is 3.32. The first-order chi connectivity index (χ1) is 57.1. The van der Waals surface area contributed by atoms with Gasteiger partial charge < -0.3 is 112 Å². The number of esters is 1. The van der Waals surface area contributed by atoms with Crippen molar-refractivity contribution in [2.45, 2.75) is 239 Å². The van der Waals surface area contributed by atoms with E-state index in [0.717, 1.165) is 53.3 Å². The molecule has 119 heavy (non-hydrogen) atoms. The Morgan fingerprint density at radius 1 is 0.378 bits per heavy atom. The van der Waals surface area contributed by atoms with Gasteiger partial charge in [-0.05, 0) is 64.7 Å². The van der Waals surface area contributed by atoms with Crippen LogP contribution in [0.2, 0.25) is 0 Å². The molecule has 0 radical (unpaired) electrons. The summed E-state index contributed by atoms with van der Waals surface area (Å²) < 4.78 is 91.4. The number of methoxy groups -OCH3 is 2. The van der Waals surface area contributed by atoms with Gasteiger partial charge in [0.25, 0.3) is 0 Å². The Kier molecular flexibility index (Phi) is 44.4. The van der Waals surface area contributed by atoms with Crippen molar-refractivity contribution in [1.29, 1.82) is 0 Å². The quantitative estimate of drug-likeness (QED) is 0.0221. The topological polar surface area (TPSA) is 309 Å². The zero-order chi connectivity index (χ0) is 85.2. The van der Waals surface area contributed by atoms with Gasteiger partial charge in [-0.2, -0.15) is 7.11 Å². The Labute approximate surface area is 726 Å². The molecule has 7 aromatic rings. The number of aliphatic hydroxyl groups is 6. The van der Waals surface area contributed by atoms with Crippen LogP contribution in [-0.2, 0) is 107 Å². The number of fused-ring (bicyclic) bond motifs is 2. The molecule has 7 aliphatic heterocycles. The maximum absolute atomic E-state index is 10.9. The summed E-state index contributed by atoms with van der Waals surface area (Å²) in [5.41, 5.74) is 7.15. The summed E-state index contributed by atoms with van der Waals surface area (Å²) in [7, 11) is 4.00. The van der Waals surface area contributed by atoms with Crippen LogP contribution >= 0.6 is 0 Å². The second-order valence-corrected chi connectivity index (χ2v) is 30.9. The molecule has 6 N–H and O–H groups in total. The molecule has 0 spiro atoms. The smallest absolute Gasteiger partial charge is 0.857 e. The second kappa shape index (κ2) is 52.7. The Bertz CT molecular complexity index is 3590. The van der Waals surface area contributed by atoms with Gasteiger partial charge in [-0.3, -0.25) is 4.79 Å². The first kappa shape index (κ1) is 100. The van der Waals surface area contributed by atoms with Gasteiger partial charge in [-0.1, -0.05) is 282 Å². The van der Waals surface area contributed by atoms with E-state index < -0.39 is 74.3 Å². The Balaban J connectivity index is 0.000000200. The molecule has 650 valence electrons. The van der Waals surface area contributed by atoms with Crippen LogP contribution < -0.4 is 34.7 Å². The summed E-state index contributed by atoms with van der Waals surface area (Å²) in [5, 5.41) is 67.2. The van der Waals surface area contributed by atoms with Crippen LogP contribution in [-0.4, -0.2) is 182 Å². The zero-order valence-electron chi connectivity index (χ0n) is 71.8. The fourth-order valence-corrected chi connectivity index (χ4v) is 15.0. The van der Waals surface area contributed by atoms with E-state index >= 15 is 0 Å². The Morgan fingerprint density at radius 3 is 1.09 bits per heavy atom. The van der Waals surface area contributed by atoms with Gasteiger partial charge in [0.15, 0.2) is 44.0 Å². The molecule has 7 aromatic carbocycles. The molecule has 24 nitrogen and oxygen atoms in total. The standard InChI is InChI=1S/C22H26O4.C20H22O6.C17H26O2.C13H18O6.C12H22O3.C9H12O2.CH3O.Na/c1-15-16(2)21(23-13-17-9-5-3-6-10-17)25-19-14-24-22(26-20(15)19)18-11-7-4-8-12-18;21-16-17(22)20(23-11-13-7-3-1-4-8-13)25-15-12-24-19(26-18(15)16)14-9-5-2-6-10-14;1-5-16-13(3)12(2)14(4)17(19-16)18-11-15-9-7-6-8-10-15;14-6-9-10(15)11(16)12(17)13(19-9)18-7-8-4-2-1-3-5-8;1-6-11-8(3)7(2)9(4)12(15-11)14-10(5)13;1-10-9(11-2)8-6-4-3-5-7-8;1-2;/h3-12,15-16,19-22H,13-14H2,1-2H3;1-10,15-22H,11-12H2;6-10,12-14,16-17H,5,11H2,1-4H3;1-5,9-17H,6-7H2;7-9,11-12H,6H2,1-5H3;3-7,9H,1-2H3;1H3;/q;;;;;;-1;+1/t15-,16?,19?,20+,21-,22?;15?,16-,17?,18-,19?,20-;12-,13-,14?,16?,17+;9?,10-,11+,12?,13-;7-,8-,9?,11?,12?;;;/m11010.../s1. The van der Waals surface area contributed by atoms with Crippen LogP contribution in [0.25, 0.3) is 0 Å². The van der Waals surface area contributed by atoms with E-state index in [9.17, 15) is 30.3 Å². The summed E-state index contributed by atoms with van der Waals surface area (Å²) in [6.07, 6.45) is -9.96. The van der Waals surface area contributed by atoms with Gasteiger partial charge in [0.2, 0.25) is 6.29 Å². The number of hydrogen-bond acceptors (Lipinski definition) is 24. The maximum atomic E-state index is 10.9. The number of carbonyl (C=O) groups excluding carboxylic acids is 1. The third kappa shape index (κ3) is 29.7. The predicted molar refractivity (Wildman–Crippen MR) is 440 cm³/mol. The molecule has 7 aliphatic rings. The molecule has 7 heterocycles. The molecule has 14 rings (SSSR count). The summed E-state index contributed by atoms with van der Waals surface area (Å²) in [4.78, 5) is 10.9. The minimum absolute atomic E-state index is 0. The van der Waals surface area contributed by atoms with Crippen LogP contribution in [0, 0.1) is 47.3 Å². The van der Waals surface area contributed by atoms with Crippen LogP contribution in [0.4, 0.5) is 0 Å². The average molecular weight is 1670 g/mol. The number of hydrogen-bond donors (Lipinski definition) is 6. The van der Waals surface area contributed by atoms with Crippen molar-refractivity contribution in [3.05, 3.63) is 251 Å². The van der Waals surface area contributed by atoms with Crippen molar-refractivity contribution in [2.24, 2.45) is 47.3 Å². The first-order valence-corrected chi connectivity index (χ1v) is 41.3. The van der Waals surface area contributed by atoms with Crippen molar-refractivity contribution in [3.63, 3.8) is 0 Å². The van der Waals surface area contributed by atoms with Gasteiger partial charge in [0.05, 0.1) is 64.6 Å².